The molecular formula is C21H20Cl2O3. The van der Waals surface area contributed by atoms with Crippen molar-refractivity contribution in [3.8, 4) is 0 Å². The van der Waals surface area contributed by atoms with Crippen LogP contribution in [0.5, 0.6) is 0 Å². The second kappa shape index (κ2) is 8.70. The molecule has 3 rings (SSSR count). The average molecular weight is 391 g/mol. The van der Waals surface area contributed by atoms with Gasteiger partial charge in [-0.3, -0.25) is 4.79 Å². The van der Waals surface area contributed by atoms with E-state index in [1.807, 2.05) is 24.3 Å². The minimum absolute atomic E-state index is 0.0799. The van der Waals surface area contributed by atoms with Crippen LogP contribution in [0.3, 0.4) is 0 Å². The van der Waals surface area contributed by atoms with E-state index in [0.717, 1.165) is 0 Å². The zero-order valence-corrected chi connectivity index (χ0v) is 15.9. The Hall–Kier alpha value is -1.84. The summed E-state index contributed by atoms with van der Waals surface area (Å²) in [5.74, 6) is -0.363. The van der Waals surface area contributed by atoms with Crippen LogP contribution in [0.25, 0.3) is 0 Å². The predicted molar refractivity (Wildman–Crippen MR) is 103 cm³/mol. The first-order valence-electron chi connectivity index (χ1n) is 8.80. The SMILES string of the molecule is O=C(COC(=O)c1c(Cl)cccc1Cl)c1ccc(C2CCCCC2)cc1. The van der Waals surface area contributed by atoms with E-state index in [4.69, 9.17) is 27.9 Å². The maximum atomic E-state index is 12.3. The van der Waals surface area contributed by atoms with Gasteiger partial charge in [-0.2, -0.15) is 0 Å². The summed E-state index contributed by atoms with van der Waals surface area (Å²) in [5.41, 5.74) is 1.89. The van der Waals surface area contributed by atoms with Gasteiger partial charge in [-0.15, -0.1) is 0 Å². The van der Waals surface area contributed by atoms with Crippen molar-refractivity contribution in [3.05, 3.63) is 69.2 Å². The Morgan fingerprint density at radius 1 is 0.923 bits per heavy atom. The first-order chi connectivity index (χ1) is 12.6. The van der Waals surface area contributed by atoms with Gasteiger partial charge < -0.3 is 4.74 Å². The quantitative estimate of drug-likeness (QED) is 0.458. The Bertz CT molecular complexity index is 773. The zero-order valence-electron chi connectivity index (χ0n) is 14.3. The minimum atomic E-state index is -0.701. The van der Waals surface area contributed by atoms with E-state index < -0.39 is 5.97 Å². The third kappa shape index (κ3) is 4.46. The van der Waals surface area contributed by atoms with Crippen LogP contribution < -0.4 is 0 Å². The molecule has 2 aromatic rings. The molecule has 0 aliphatic heterocycles. The number of ketones is 1. The van der Waals surface area contributed by atoms with Gasteiger partial charge in [0.05, 0.1) is 15.6 Å². The summed E-state index contributed by atoms with van der Waals surface area (Å²) in [5, 5.41) is 0.401. The number of hydrogen-bond donors (Lipinski definition) is 0. The molecule has 0 amide bonds. The molecule has 0 aromatic heterocycles. The lowest BCUT2D eigenvalue weighted by atomic mass is 9.84. The van der Waals surface area contributed by atoms with E-state index in [-0.39, 0.29) is 28.0 Å². The molecule has 3 nitrogen and oxygen atoms in total. The Balaban J connectivity index is 1.60. The Labute approximate surface area is 163 Å². The lowest BCUT2D eigenvalue weighted by molar-refractivity contribution is 0.0475. The van der Waals surface area contributed by atoms with Crippen molar-refractivity contribution in [2.75, 3.05) is 6.61 Å². The third-order valence-electron chi connectivity index (χ3n) is 4.81. The van der Waals surface area contributed by atoms with Gasteiger partial charge in [-0.25, -0.2) is 4.79 Å². The van der Waals surface area contributed by atoms with Gasteiger partial charge in [-0.1, -0.05) is 72.8 Å². The fourth-order valence-electron chi connectivity index (χ4n) is 3.36. The number of carbonyl (C=O) groups is 2. The molecule has 0 saturated heterocycles. The third-order valence-corrected chi connectivity index (χ3v) is 5.44. The molecule has 1 saturated carbocycles. The van der Waals surface area contributed by atoms with Crippen LogP contribution in [0.2, 0.25) is 10.0 Å². The van der Waals surface area contributed by atoms with Gasteiger partial charge in [0.1, 0.15) is 0 Å². The number of Topliss-reactive ketones (excluding diaryl/α,β-unsaturated/α-hetero) is 1. The van der Waals surface area contributed by atoms with Crippen LogP contribution in [0.4, 0.5) is 0 Å². The molecule has 5 heteroatoms. The molecule has 0 unspecified atom stereocenters. The normalized spacial score (nSPS) is 14.8. The highest BCUT2D eigenvalue weighted by Crippen LogP contribution is 2.32. The molecule has 26 heavy (non-hydrogen) atoms. The Kier molecular flexibility index (Phi) is 6.33. The summed E-state index contributed by atoms with van der Waals surface area (Å²) in [4.78, 5) is 24.4. The fourth-order valence-corrected chi connectivity index (χ4v) is 3.91. The highest BCUT2D eigenvalue weighted by Gasteiger charge is 2.19. The van der Waals surface area contributed by atoms with Gasteiger partial charge in [0.2, 0.25) is 0 Å². The van der Waals surface area contributed by atoms with E-state index >= 15 is 0 Å². The molecule has 136 valence electrons. The summed E-state index contributed by atoms with van der Waals surface area (Å²) < 4.78 is 5.10. The Morgan fingerprint density at radius 2 is 1.54 bits per heavy atom. The van der Waals surface area contributed by atoms with E-state index in [1.165, 1.54) is 37.7 Å². The highest BCUT2D eigenvalue weighted by atomic mass is 35.5. The smallest absolute Gasteiger partial charge is 0.341 e. The van der Waals surface area contributed by atoms with E-state index in [0.29, 0.717) is 11.5 Å². The van der Waals surface area contributed by atoms with Crippen LogP contribution in [0, 0.1) is 0 Å². The minimum Gasteiger partial charge on any atom is -0.454 e. The zero-order chi connectivity index (χ0) is 18.5. The standard InChI is InChI=1S/C21H20Cl2O3/c22-17-7-4-8-18(23)20(17)21(25)26-13-19(24)16-11-9-15(10-12-16)14-5-2-1-3-6-14/h4,7-12,14H,1-3,5-6,13H2. The maximum absolute atomic E-state index is 12.3. The molecule has 2 aromatic carbocycles. The molecule has 0 spiro atoms. The molecular weight excluding hydrogens is 371 g/mol. The van der Waals surface area contributed by atoms with Crippen LogP contribution in [0.1, 0.15) is 64.3 Å². The molecule has 0 heterocycles. The summed E-state index contributed by atoms with van der Waals surface area (Å²) >= 11 is 12.0. The van der Waals surface area contributed by atoms with Crippen molar-refractivity contribution < 1.29 is 14.3 Å². The summed E-state index contributed by atoms with van der Waals surface area (Å²) in [6.45, 7) is -0.344. The lowest BCUT2D eigenvalue weighted by Crippen LogP contribution is -2.15. The van der Waals surface area contributed by atoms with Crippen molar-refractivity contribution in [2.24, 2.45) is 0 Å². The number of rotatable bonds is 5. The second-order valence-electron chi connectivity index (χ2n) is 6.55. The molecule has 1 fully saturated rings. The Morgan fingerprint density at radius 3 is 2.15 bits per heavy atom. The van der Waals surface area contributed by atoms with Gasteiger partial charge >= 0.3 is 5.97 Å². The van der Waals surface area contributed by atoms with Crippen LogP contribution in [-0.2, 0) is 4.74 Å². The van der Waals surface area contributed by atoms with Gasteiger partial charge in [0.15, 0.2) is 12.4 Å². The number of carbonyl (C=O) groups excluding carboxylic acids is 2. The van der Waals surface area contributed by atoms with Crippen LogP contribution in [-0.4, -0.2) is 18.4 Å². The van der Waals surface area contributed by atoms with Crippen LogP contribution in [0.15, 0.2) is 42.5 Å². The molecule has 0 N–H and O–H groups in total. The van der Waals surface area contributed by atoms with E-state index in [1.54, 1.807) is 18.2 Å². The van der Waals surface area contributed by atoms with Crippen LogP contribution >= 0.6 is 23.2 Å². The predicted octanol–water partition coefficient (Wildman–Crippen LogP) is 6.08. The number of halogens is 2. The highest BCUT2D eigenvalue weighted by molar-refractivity contribution is 6.39. The largest absolute Gasteiger partial charge is 0.454 e. The number of esters is 1. The second-order valence-corrected chi connectivity index (χ2v) is 7.37. The monoisotopic (exact) mass is 390 g/mol. The molecule has 0 bridgehead atoms. The van der Waals surface area contributed by atoms with Crippen molar-refractivity contribution in [3.63, 3.8) is 0 Å². The first-order valence-corrected chi connectivity index (χ1v) is 9.56. The summed E-state index contributed by atoms with van der Waals surface area (Å²) in [6, 6.07) is 12.4. The summed E-state index contributed by atoms with van der Waals surface area (Å²) in [6.07, 6.45) is 6.28. The van der Waals surface area contributed by atoms with Gasteiger partial charge in [0.25, 0.3) is 0 Å². The van der Waals surface area contributed by atoms with E-state index in [2.05, 4.69) is 0 Å². The number of hydrogen-bond acceptors (Lipinski definition) is 3. The van der Waals surface area contributed by atoms with E-state index in [9.17, 15) is 9.59 Å². The van der Waals surface area contributed by atoms with Crippen molar-refractivity contribution in [2.45, 2.75) is 38.0 Å². The average Bonchev–Trinajstić information content (AvgIpc) is 2.67. The molecule has 1 aliphatic rings. The first kappa shape index (κ1) is 18.9. The number of benzene rings is 2. The van der Waals surface area contributed by atoms with Crippen molar-refractivity contribution >= 4 is 35.0 Å². The van der Waals surface area contributed by atoms with Gasteiger partial charge in [-0.05, 0) is 36.5 Å². The number of ether oxygens (including phenoxy) is 1. The maximum Gasteiger partial charge on any atom is 0.341 e. The fraction of sp³-hybridized carbons (Fsp3) is 0.333. The lowest BCUT2D eigenvalue weighted by Gasteiger charge is -2.22. The molecule has 0 radical (unpaired) electrons. The van der Waals surface area contributed by atoms with Crippen molar-refractivity contribution in [1.29, 1.82) is 0 Å². The molecule has 0 atom stereocenters. The van der Waals surface area contributed by atoms with Gasteiger partial charge in [0, 0.05) is 5.56 Å². The molecule has 1 aliphatic carbocycles. The van der Waals surface area contributed by atoms with Crippen molar-refractivity contribution in [1.82, 2.24) is 0 Å². The summed E-state index contributed by atoms with van der Waals surface area (Å²) in [7, 11) is 0. The topological polar surface area (TPSA) is 43.4 Å².